The molecular formula is C20H18BrClN2O4S. The molecule has 0 aromatic heterocycles. The van der Waals surface area contributed by atoms with Crippen LogP contribution in [0.5, 0.6) is 0 Å². The molecule has 9 heteroatoms. The Kier molecular flexibility index (Phi) is 7.21. The summed E-state index contributed by atoms with van der Waals surface area (Å²) in [7, 11) is 0. The van der Waals surface area contributed by atoms with Gasteiger partial charge in [0.15, 0.2) is 6.61 Å². The van der Waals surface area contributed by atoms with Crippen molar-refractivity contribution >= 4 is 68.5 Å². The van der Waals surface area contributed by atoms with Gasteiger partial charge in [-0.25, -0.2) is 0 Å². The van der Waals surface area contributed by atoms with Gasteiger partial charge in [-0.15, -0.1) is 11.8 Å². The molecule has 6 nitrogen and oxygen atoms in total. The molecule has 0 spiro atoms. The van der Waals surface area contributed by atoms with Crippen LogP contribution in [-0.2, 0) is 19.1 Å². The summed E-state index contributed by atoms with van der Waals surface area (Å²) in [5.41, 5.74) is 1.16. The zero-order valence-corrected chi connectivity index (χ0v) is 18.6. The second-order valence-corrected chi connectivity index (χ2v) is 8.59. The molecule has 0 aliphatic carbocycles. The molecule has 0 radical (unpaired) electrons. The average Bonchev–Trinajstić information content (AvgIpc) is 3.10. The topological polar surface area (TPSA) is 75.7 Å². The van der Waals surface area contributed by atoms with Gasteiger partial charge in [0.25, 0.3) is 5.91 Å². The average molecular weight is 498 g/mol. The molecule has 1 atom stereocenters. The van der Waals surface area contributed by atoms with Crippen molar-refractivity contribution in [3.05, 3.63) is 52.0 Å². The molecule has 3 rings (SSSR count). The summed E-state index contributed by atoms with van der Waals surface area (Å²) < 4.78 is 5.89. The Morgan fingerprint density at radius 3 is 2.66 bits per heavy atom. The Hall–Kier alpha value is -2.03. The first kappa shape index (κ1) is 21.7. The second-order valence-electron chi connectivity index (χ2n) is 6.38. The maximum absolute atomic E-state index is 12.3. The molecule has 1 saturated heterocycles. The minimum Gasteiger partial charge on any atom is -0.455 e. The number of ether oxygens (including phenoxy) is 1. The fourth-order valence-corrected chi connectivity index (χ4v) is 4.04. The number of nitrogens with one attached hydrogen (secondary N) is 1. The minimum absolute atomic E-state index is 0.0588. The van der Waals surface area contributed by atoms with Crippen molar-refractivity contribution in [2.45, 2.75) is 11.3 Å². The SMILES string of the molecule is CSc1ccc(N2CC(C(=O)OCC(=O)Nc3ccc(Br)cc3Cl)CC2=O)cc1. The Balaban J connectivity index is 1.52. The van der Waals surface area contributed by atoms with Crippen molar-refractivity contribution in [2.24, 2.45) is 5.92 Å². The molecule has 1 N–H and O–H groups in total. The van der Waals surface area contributed by atoms with E-state index in [1.807, 2.05) is 30.5 Å². The fourth-order valence-electron chi connectivity index (χ4n) is 2.91. The number of amides is 2. The monoisotopic (exact) mass is 496 g/mol. The van der Waals surface area contributed by atoms with Gasteiger partial charge >= 0.3 is 5.97 Å². The number of esters is 1. The summed E-state index contributed by atoms with van der Waals surface area (Å²) in [6.45, 7) is -0.214. The number of hydrogen-bond donors (Lipinski definition) is 1. The molecule has 0 saturated carbocycles. The van der Waals surface area contributed by atoms with E-state index in [2.05, 4.69) is 21.2 Å². The van der Waals surface area contributed by atoms with Crippen LogP contribution in [0.3, 0.4) is 0 Å². The smallest absolute Gasteiger partial charge is 0.311 e. The van der Waals surface area contributed by atoms with Crippen molar-refractivity contribution in [1.29, 1.82) is 0 Å². The van der Waals surface area contributed by atoms with Crippen molar-refractivity contribution in [3.63, 3.8) is 0 Å². The van der Waals surface area contributed by atoms with Crippen molar-refractivity contribution in [3.8, 4) is 0 Å². The lowest BCUT2D eigenvalue weighted by Crippen LogP contribution is -2.28. The van der Waals surface area contributed by atoms with Gasteiger partial charge in [-0.05, 0) is 48.7 Å². The number of hydrogen-bond acceptors (Lipinski definition) is 5. The highest BCUT2D eigenvalue weighted by Gasteiger charge is 2.36. The van der Waals surface area contributed by atoms with Gasteiger partial charge in [0.05, 0.1) is 16.6 Å². The summed E-state index contributed by atoms with van der Waals surface area (Å²) in [5, 5.41) is 2.95. The molecule has 2 aromatic carbocycles. The van der Waals surface area contributed by atoms with Crippen LogP contribution in [0.4, 0.5) is 11.4 Å². The molecule has 1 heterocycles. The highest BCUT2D eigenvalue weighted by atomic mass is 79.9. The number of halogens is 2. The summed E-state index contributed by atoms with van der Waals surface area (Å²) in [5.74, 6) is -1.82. The number of anilines is 2. The molecule has 0 bridgehead atoms. The van der Waals surface area contributed by atoms with E-state index in [4.69, 9.17) is 16.3 Å². The molecule has 1 aliphatic heterocycles. The summed E-state index contributed by atoms with van der Waals surface area (Å²) in [4.78, 5) is 39.3. The van der Waals surface area contributed by atoms with Crippen LogP contribution in [0.2, 0.25) is 5.02 Å². The summed E-state index contributed by atoms with van der Waals surface area (Å²) in [6, 6.07) is 12.6. The molecule has 152 valence electrons. The lowest BCUT2D eigenvalue weighted by atomic mass is 10.1. The van der Waals surface area contributed by atoms with E-state index in [0.29, 0.717) is 10.7 Å². The number of nitrogens with zero attached hydrogens (tertiary/aromatic N) is 1. The van der Waals surface area contributed by atoms with Crippen LogP contribution in [0.1, 0.15) is 6.42 Å². The number of carbonyl (C=O) groups excluding carboxylic acids is 3. The van der Waals surface area contributed by atoms with Gasteiger partial charge in [0, 0.05) is 28.0 Å². The second kappa shape index (κ2) is 9.65. The third-order valence-corrected chi connectivity index (χ3v) is 5.94. The van der Waals surface area contributed by atoms with E-state index < -0.39 is 24.4 Å². The third-order valence-electron chi connectivity index (χ3n) is 4.39. The Morgan fingerprint density at radius 2 is 2.00 bits per heavy atom. The third kappa shape index (κ3) is 5.52. The van der Waals surface area contributed by atoms with E-state index >= 15 is 0 Å². The normalized spacial score (nSPS) is 16.0. The lowest BCUT2D eigenvalue weighted by molar-refractivity contribution is -0.151. The molecule has 2 amide bonds. The van der Waals surface area contributed by atoms with Crippen LogP contribution in [0.25, 0.3) is 0 Å². The predicted molar refractivity (Wildman–Crippen MR) is 117 cm³/mol. The van der Waals surface area contributed by atoms with Crippen molar-refractivity contribution in [1.82, 2.24) is 0 Å². The Bertz CT molecular complexity index is 939. The lowest BCUT2D eigenvalue weighted by Gasteiger charge is -2.17. The molecular weight excluding hydrogens is 480 g/mol. The highest BCUT2D eigenvalue weighted by molar-refractivity contribution is 9.10. The van der Waals surface area contributed by atoms with E-state index in [9.17, 15) is 14.4 Å². The zero-order valence-electron chi connectivity index (χ0n) is 15.5. The van der Waals surface area contributed by atoms with Crippen LogP contribution in [0.15, 0.2) is 51.8 Å². The molecule has 2 aromatic rings. The van der Waals surface area contributed by atoms with Crippen molar-refractivity contribution in [2.75, 3.05) is 29.6 Å². The number of thioether (sulfide) groups is 1. The summed E-state index contributed by atoms with van der Waals surface area (Å²) in [6.07, 6.45) is 2.03. The maximum Gasteiger partial charge on any atom is 0.311 e. The van der Waals surface area contributed by atoms with Gasteiger partial charge in [0.2, 0.25) is 5.91 Å². The van der Waals surface area contributed by atoms with Gasteiger partial charge < -0.3 is 15.0 Å². The fraction of sp³-hybridized carbons (Fsp3) is 0.250. The standard InChI is InChI=1S/C20H18BrClN2O4S/c1-29-15-5-3-14(4-6-15)24-10-12(8-19(24)26)20(27)28-11-18(25)23-17-7-2-13(21)9-16(17)22/h2-7,9,12H,8,10-11H2,1H3,(H,23,25). The Labute approximate surface area is 186 Å². The molecule has 1 aliphatic rings. The summed E-state index contributed by atoms with van der Waals surface area (Å²) >= 11 is 10.9. The van der Waals surface area contributed by atoms with Gasteiger partial charge in [0.1, 0.15) is 0 Å². The first-order valence-corrected chi connectivity index (χ1v) is 11.1. The van der Waals surface area contributed by atoms with Crippen LogP contribution < -0.4 is 10.2 Å². The number of rotatable bonds is 6. The number of carbonyl (C=O) groups is 3. The van der Waals surface area contributed by atoms with E-state index in [1.54, 1.807) is 34.9 Å². The zero-order chi connectivity index (χ0) is 21.0. The van der Waals surface area contributed by atoms with Crippen LogP contribution in [-0.4, -0.2) is 37.2 Å². The first-order valence-electron chi connectivity index (χ1n) is 8.73. The Morgan fingerprint density at radius 1 is 1.28 bits per heavy atom. The minimum atomic E-state index is -0.605. The van der Waals surface area contributed by atoms with Gasteiger partial charge in [-0.3, -0.25) is 14.4 Å². The quantitative estimate of drug-likeness (QED) is 0.474. The highest BCUT2D eigenvalue weighted by Crippen LogP contribution is 2.28. The molecule has 1 fully saturated rings. The molecule has 1 unspecified atom stereocenters. The number of benzene rings is 2. The van der Waals surface area contributed by atoms with Crippen molar-refractivity contribution < 1.29 is 19.1 Å². The van der Waals surface area contributed by atoms with Crippen LogP contribution in [0, 0.1) is 5.92 Å². The van der Waals surface area contributed by atoms with Gasteiger partial charge in [-0.2, -0.15) is 0 Å². The van der Waals surface area contributed by atoms with Crippen LogP contribution >= 0.6 is 39.3 Å². The van der Waals surface area contributed by atoms with E-state index in [-0.39, 0.29) is 18.9 Å². The first-order chi connectivity index (χ1) is 13.9. The van der Waals surface area contributed by atoms with E-state index in [1.165, 1.54) is 0 Å². The molecule has 29 heavy (non-hydrogen) atoms. The van der Waals surface area contributed by atoms with E-state index in [0.717, 1.165) is 15.1 Å². The predicted octanol–water partition coefficient (Wildman–Crippen LogP) is 4.36. The largest absolute Gasteiger partial charge is 0.455 e. The van der Waals surface area contributed by atoms with Gasteiger partial charge in [-0.1, -0.05) is 27.5 Å². The maximum atomic E-state index is 12.3.